The van der Waals surface area contributed by atoms with Gasteiger partial charge in [-0.1, -0.05) is 6.92 Å². The number of likely N-dealkylation sites (N-methyl/N-ethyl adjacent to an activating group) is 1. The zero-order valence-corrected chi connectivity index (χ0v) is 11.6. The third-order valence-electron chi connectivity index (χ3n) is 2.67. The molecule has 0 aliphatic heterocycles. The zero-order chi connectivity index (χ0) is 13.4. The van der Waals surface area contributed by atoms with Crippen LogP contribution < -0.4 is 10.2 Å². The van der Waals surface area contributed by atoms with Crippen LogP contribution in [0.2, 0.25) is 0 Å². The lowest BCUT2D eigenvalue weighted by molar-refractivity contribution is 0.302. The van der Waals surface area contributed by atoms with Crippen molar-refractivity contribution in [2.75, 3.05) is 36.5 Å². The van der Waals surface area contributed by atoms with Crippen LogP contribution in [-0.4, -0.2) is 41.3 Å². The number of hydrogen-bond donors (Lipinski definition) is 2. The van der Waals surface area contributed by atoms with Crippen LogP contribution in [0.15, 0.2) is 6.07 Å². The molecular weight excluding hydrogens is 228 g/mol. The summed E-state index contributed by atoms with van der Waals surface area (Å²) < 4.78 is 0. The van der Waals surface area contributed by atoms with Crippen molar-refractivity contribution in [2.45, 2.75) is 33.6 Å². The largest absolute Gasteiger partial charge is 0.395 e. The molecule has 0 atom stereocenters. The van der Waals surface area contributed by atoms with Crippen LogP contribution in [0.4, 0.5) is 11.6 Å². The fourth-order valence-corrected chi connectivity index (χ4v) is 1.81. The molecule has 1 aromatic rings. The summed E-state index contributed by atoms with van der Waals surface area (Å²) in [7, 11) is 0. The fourth-order valence-electron chi connectivity index (χ4n) is 1.81. The number of aryl methyl sites for hydroxylation is 1. The van der Waals surface area contributed by atoms with Crippen LogP contribution in [0.25, 0.3) is 0 Å². The number of aliphatic hydroxyl groups excluding tert-OH is 1. The van der Waals surface area contributed by atoms with E-state index in [2.05, 4.69) is 34.0 Å². The molecule has 102 valence electrons. The molecule has 0 spiro atoms. The molecule has 0 aromatic carbocycles. The standard InChI is InChI=1S/C13H24N4O/c1-4-7-11-15-12(14-5-2)10-13(16-11)17(6-3)8-9-18/h10,18H,4-9H2,1-3H3,(H,14,15,16). The first-order valence-electron chi connectivity index (χ1n) is 6.72. The van der Waals surface area contributed by atoms with E-state index in [1.807, 2.05) is 13.0 Å². The molecule has 0 fully saturated rings. The van der Waals surface area contributed by atoms with Gasteiger partial charge in [0.15, 0.2) is 0 Å². The molecule has 1 heterocycles. The molecule has 18 heavy (non-hydrogen) atoms. The number of aromatic nitrogens is 2. The van der Waals surface area contributed by atoms with Crippen molar-refractivity contribution >= 4 is 11.6 Å². The highest BCUT2D eigenvalue weighted by atomic mass is 16.3. The van der Waals surface area contributed by atoms with Crippen molar-refractivity contribution in [1.82, 2.24) is 9.97 Å². The smallest absolute Gasteiger partial charge is 0.134 e. The van der Waals surface area contributed by atoms with E-state index in [-0.39, 0.29) is 6.61 Å². The van der Waals surface area contributed by atoms with Crippen molar-refractivity contribution in [3.05, 3.63) is 11.9 Å². The lowest BCUT2D eigenvalue weighted by Crippen LogP contribution is -2.27. The Bertz CT molecular complexity index is 333. The Hall–Kier alpha value is -1.36. The van der Waals surface area contributed by atoms with E-state index >= 15 is 0 Å². The Morgan fingerprint density at radius 1 is 1.28 bits per heavy atom. The maximum atomic E-state index is 9.07. The average Bonchev–Trinajstić information content (AvgIpc) is 2.36. The van der Waals surface area contributed by atoms with Crippen LogP contribution >= 0.6 is 0 Å². The summed E-state index contributed by atoms with van der Waals surface area (Å²) in [4.78, 5) is 11.1. The fraction of sp³-hybridized carbons (Fsp3) is 0.692. The Balaban J connectivity index is 2.99. The molecule has 0 bridgehead atoms. The average molecular weight is 252 g/mol. The topological polar surface area (TPSA) is 61.3 Å². The molecule has 1 aromatic heterocycles. The summed E-state index contributed by atoms with van der Waals surface area (Å²) in [6.45, 7) is 8.63. The van der Waals surface area contributed by atoms with E-state index < -0.39 is 0 Å². The molecule has 0 aliphatic carbocycles. The van der Waals surface area contributed by atoms with Crippen molar-refractivity contribution < 1.29 is 5.11 Å². The molecule has 1 rings (SSSR count). The predicted molar refractivity (Wildman–Crippen MR) is 75.2 cm³/mol. The molecule has 0 unspecified atom stereocenters. The van der Waals surface area contributed by atoms with Crippen molar-refractivity contribution in [3.8, 4) is 0 Å². The Morgan fingerprint density at radius 3 is 2.61 bits per heavy atom. The minimum atomic E-state index is 0.136. The summed E-state index contributed by atoms with van der Waals surface area (Å²) in [5, 5.41) is 12.3. The Labute approximate surface area is 109 Å². The molecule has 0 saturated carbocycles. The third-order valence-corrected chi connectivity index (χ3v) is 2.67. The second-order valence-corrected chi connectivity index (χ2v) is 4.11. The van der Waals surface area contributed by atoms with Crippen LogP contribution in [0.1, 0.15) is 33.0 Å². The van der Waals surface area contributed by atoms with Crippen LogP contribution in [-0.2, 0) is 6.42 Å². The summed E-state index contributed by atoms with van der Waals surface area (Å²) in [6.07, 6.45) is 1.91. The number of nitrogens with zero attached hydrogens (tertiary/aromatic N) is 3. The van der Waals surface area contributed by atoms with Gasteiger partial charge in [-0.15, -0.1) is 0 Å². The highest BCUT2D eigenvalue weighted by Crippen LogP contribution is 2.16. The summed E-state index contributed by atoms with van der Waals surface area (Å²) >= 11 is 0. The van der Waals surface area contributed by atoms with Gasteiger partial charge >= 0.3 is 0 Å². The van der Waals surface area contributed by atoms with Crippen LogP contribution in [0.5, 0.6) is 0 Å². The van der Waals surface area contributed by atoms with Gasteiger partial charge in [0, 0.05) is 32.1 Å². The number of rotatable bonds is 8. The quantitative estimate of drug-likeness (QED) is 0.737. The van der Waals surface area contributed by atoms with E-state index in [1.165, 1.54) is 0 Å². The molecule has 5 heteroatoms. The molecule has 0 amide bonds. The van der Waals surface area contributed by atoms with Crippen molar-refractivity contribution in [3.63, 3.8) is 0 Å². The second kappa shape index (κ2) is 7.87. The maximum absolute atomic E-state index is 9.07. The monoisotopic (exact) mass is 252 g/mol. The lowest BCUT2D eigenvalue weighted by Gasteiger charge is -2.22. The third kappa shape index (κ3) is 4.14. The number of hydrogen-bond acceptors (Lipinski definition) is 5. The number of aliphatic hydroxyl groups is 1. The zero-order valence-electron chi connectivity index (χ0n) is 11.6. The highest BCUT2D eigenvalue weighted by molar-refractivity contribution is 5.49. The predicted octanol–water partition coefficient (Wildman–Crippen LogP) is 1.68. The molecule has 5 nitrogen and oxygen atoms in total. The SMILES string of the molecule is CCCc1nc(NCC)cc(N(CC)CCO)n1. The van der Waals surface area contributed by atoms with Gasteiger partial charge in [0.1, 0.15) is 17.5 Å². The van der Waals surface area contributed by atoms with E-state index in [0.29, 0.717) is 6.54 Å². The Morgan fingerprint density at radius 2 is 2.06 bits per heavy atom. The van der Waals surface area contributed by atoms with E-state index in [9.17, 15) is 0 Å². The van der Waals surface area contributed by atoms with Crippen LogP contribution in [0, 0.1) is 0 Å². The minimum Gasteiger partial charge on any atom is -0.395 e. The van der Waals surface area contributed by atoms with Gasteiger partial charge in [-0.05, 0) is 20.3 Å². The van der Waals surface area contributed by atoms with Gasteiger partial charge in [0.25, 0.3) is 0 Å². The normalized spacial score (nSPS) is 10.4. The highest BCUT2D eigenvalue weighted by Gasteiger charge is 2.09. The van der Waals surface area contributed by atoms with Crippen molar-refractivity contribution in [2.24, 2.45) is 0 Å². The summed E-state index contributed by atoms with van der Waals surface area (Å²) in [6, 6.07) is 1.95. The van der Waals surface area contributed by atoms with Gasteiger partial charge in [-0.25, -0.2) is 9.97 Å². The van der Waals surface area contributed by atoms with E-state index in [4.69, 9.17) is 5.11 Å². The van der Waals surface area contributed by atoms with Gasteiger partial charge in [0.2, 0.25) is 0 Å². The Kier molecular flexibility index (Phi) is 6.43. The van der Waals surface area contributed by atoms with Gasteiger partial charge in [-0.3, -0.25) is 0 Å². The number of anilines is 2. The van der Waals surface area contributed by atoms with E-state index in [0.717, 1.165) is 43.4 Å². The first-order valence-corrected chi connectivity index (χ1v) is 6.72. The van der Waals surface area contributed by atoms with Gasteiger partial charge < -0.3 is 15.3 Å². The molecular formula is C13H24N4O. The second-order valence-electron chi connectivity index (χ2n) is 4.11. The number of nitrogens with one attached hydrogen (secondary N) is 1. The van der Waals surface area contributed by atoms with E-state index in [1.54, 1.807) is 0 Å². The van der Waals surface area contributed by atoms with Gasteiger partial charge in [-0.2, -0.15) is 0 Å². The molecule has 0 saturated heterocycles. The molecule has 0 radical (unpaired) electrons. The van der Waals surface area contributed by atoms with Crippen molar-refractivity contribution in [1.29, 1.82) is 0 Å². The maximum Gasteiger partial charge on any atom is 0.134 e. The summed E-state index contributed by atoms with van der Waals surface area (Å²) in [5.74, 6) is 2.62. The van der Waals surface area contributed by atoms with Gasteiger partial charge in [0.05, 0.1) is 6.61 Å². The molecule has 2 N–H and O–H groups in total. The molecule has 0 aliphatic rings. The minimum absolute atomic E-state index is 0.136. The first-order chi connectivity index (χ1) is 8.74. The lowest BCUT2D eigenvalue weighted by atomic mass is 10.3. The van der Waals surface area contributed by atoms with Crippen LogP contribution in [0.3, 0.4) is 0 Å². The first kappa shape index (κ1) is 14.7. The summed E-state index contributed by atoms with van der Waals surface area (Å²) in [5.41, 5.74) is 0.